The summed E-state index contributed by atoms with van der Waals surface area (Å²) in [6.07, 6.45) is -0.682. The summed E-state index contributed by atoms with van der Waals surface area (Å²) in [5, 5.41) is 15.0. The van der Waals surface area contributed by atoms with E-state index in [2.05, 4.69) is 15.1 Å². The third-order valence-corrected chi connectivity index (χ3v) is 4.02. The minimum Gasteiger partial charge on any atom is -0.389 e. The number of methoxy groups -OCH3 is 1. The van der Waals surface area contributed by atoms with E-state index >= 15 is 0 Å². The number of carbonyl (C=O) groups excluding carboxylic acids is 1. The van der Waals surface area contributed by atoms with E-state index < -0.39 is 6.10 Å². The number of hydrogen-bond donors (Lipinski definition) is 1. The SMILES string of the molecule is COCC(=O)N1CCN(c2nc(C)nc3onc(C)c23)CC(O)C1. The molecule has 3 rings (SSSR count). The highest BCUT2D eigenvalue weighted by Gasteiger charge is 2.27. The maximum atomic E-state index is 12.0. The van der Waals surface area contributed by atoms with Crippen molar-refractivity contribution in [2.75, 3.05) is 44.8 Å². The van der Waals surface area contributed by atoms with Crippen LogP contribution in [-0.4, -0.2) is 77.0 Å². The van der Waals surface area contributed by atoms with Crippen molar-refractivity contribution in [3.05, 3.63) is 11.5 Å². The van der Waals surface area contributed by atoms with Gasteiger partial charge in [0, 0.05) is 33.3 Å². The summed E-state index contributed by atoms with van der Waals surface area (Å²) < 4.78 is 10.1. The molecule has 1 saturated heterocycles. The Morgan fingerprint density at radius 1 is 1.33 bits per heavy atom. The van der Waals surface area contributed by atoms with E-state index in [1.807, 2.05) is 11.8 Å². The van der Waals surface area contributed by atoms with E-state index in [-0.39, 0.29) is 19.1 Å². The molecule has 1 aliphatic heterocycles. The Balaban J connectivity index is 1.90. The molecule has 130 valence electrons. The lowest BCUT2D eigenvalue weighted by Gasteiger charge is -2.23. The van der Waals surface area contributed by atoms with Crippen LogP contribution in [0.5, 0.6) is 0 Å². The van der Waals surface area contributed by atoms with Crippen molar-refractivity contribution in [1.29, 1.82) is 0 Å². The molecule has 0 bridgehead atoms. The first-order chi connectivity index (χ1) is 11.5. The van der Waals surface area contributed by atoms with Gasteiger partial charge in [0.2, 0.25) is 5.91 Å². The Bertz CT molecular complexity index is 747. The van der Waals surface area contributed by atoms with Crippen LogP contribution in [0, 0.1) is 13.8 Å². The highest BCUT2D eigenvalue weighted by atomic mass is 16.5. The molecule has 9 nitrogen and oxygen atoms in total. The van der Waals surface area contributed by atoms with Crippen molar-refractivity contribution in [2.24, 2.45) is 0 Å². The van der Waals surface area contributed by atoms with E-state index in [0.717, 1.165) is 5.39 Å². The van der Waals surface area contributed by atoms with E-state index in [1.165, 1.54) is 7.11 Å². The highest BCUT2D eigenvalue weighted by molar-refractivity contribution is 5.88. The topological polar surface area (TPSA) is 105 Å². The van der Waals surface area contributed by atoms with Gasteiger partial charge in [-0.05, 0) is 13.8 Å². The van der Waals surface area contributed by atoms with Gasteiger partial charge in [-0.1, -0.05) is 5.16 Å². The highest BCUT2D eigenvalue weighted by Crippen LogP contribution is 2.27. The zero-order valence-corrected chi connectivity index (χ0v) is 14.0. The summed E-state index contributed by atoms with van der Waals surface area (Å²) in [6, 6.07) is 0. The first kappa shape index (κ1) is 16.6. The molecule has 1 N–H and O–H groups in total. The Morgan fingerprint density at radius 3 is 2.88 bits per heavy atom. The van der Waals surface area contributed by atoms with Crippen LogP contribution in [0.2, 0.25) is 0 Å². The molecule has 1 fully saturated rings. The summed E-state index contributed by atoms with van der Waals surface area (Å²) in [6.45, 7) is 5.28. The van der Waals surface area contributed by atoms with Crippen molar-refractivity contribution in [3.8, 4) is 0 Å². The molecule has 2 aromatic heterocycles. The first-order valence-corrected chi connectivity index (χ1v) is 7.80. The molecular formula is C15H21N5O4. The second kappa shape index (κ2) is 6.70. The number of carbonyl (C=O) groups is 1. The van der Waals surface area contributed by atoms with Crippen molar-refractivity contribution in [2.45, 2.75) is 20.0 Å². The lowest BCUT2D eigenvalue weighted by Crippen LogP contribution is -2.39. The fraction of sp³-hybridized carbons (Fsp3) is 0.600. The number of aromatic nitrogens is 3. The molecule has 2 aromatic rings. The van der Waals surface area contributed by atoms with Crippen LogP contribution in [-0.2, 0) is 9.53 Å². The van der Waals surface area contributed by atoms with E-state index in [9.17, 15) is 9.90 Å². The van der Waals surface area contributed by atoms with Crippen LogP contribution < -0.4 is 4.90 Å². The Labute approximate surface area is 139 Å². The van der Waals surface area contributed by atoms with Crippen molar-refractivity contribution in [1.82, 2.24) is 20.0 Å². The number of rotatable bonds is 3. The molecule has 1 unspecified atom stereocenters. The second-order valence-corrected chi connectivity index (χ2v) is 5.92. The molecule has 3 heterocycles. The molecule has 9 heteroatoms. The minimum atomic E-state index is -0.682. The molecule has 24 heavy (non-hydrogen) atoms. The van der Waals surface area contributed by atoms with E-state index in [0.29, 0.717) is 42.7 Å². The van der Waals surface area contributed by atoms with E-state index in [1.54, 1.807) is 11.8 Å². The van der Waals surface area contributed by atoms with Gasteiger partial charge in [-0.25, -0.2) is 4.98 Å². The fourth-order valence-corrected chi connectivity index (χ4v) is 2.93. The molecule has 1 amide bonds. The van der Waals surface area contributed by atoms with E-state index in [4.69, 9.17) is 9.26 Å². The summed E-state index contributed by atoms with van der Waals surface area (Å²) in [4.78, 5) is 24.4. The van der Waals surface area contributed by atoms with Gasteiger partial charge in [-0.2, -0.15) is 4.98 Å². The van der Waals surface area contributed by atoms with Gasteiger partial charge in [0.05, 0.1) is 11.8 Å². The summed E-state index contributed by atoms with van der Waals surface area (Å²) in [5.41, 5.74) is 1.13. The number of β-amino-alcohol motifs (C(OH)–C–C–N with tert-alkyl or cyclic N) is 1. The van der Waals surface area contributed by atoms with Crippen LogP contribution in [0.1, 0.15) is 11.5 Å². The quantitative estimate of drug-likeness (QED) is 0.828. The Morgan fingerprint density at radius 2 is 2.12 bits per heavy atom. The number of ether oxygens (including phenoxy) is 1. The number of aliphatic hydroxyl groups is 1. The molecule has 0 aliphatic carbocycles. The van der Waals surface area contributed by atoms with Gasteiger partial charge in [-0.15, -0.1) is 0 Å². The van der Waals surface area contributed by atoms with Crippen molar-refractivity contribution < 1.29 is 19.2 Å². The molecule has 0 aromatic carbocycles. The molecule has 1 aliphatic rings. The van der Waals surface area contributed by atoms with Crippen LogP contribution in [0.25, 0.3) is 11.1 Å². The number of amides is 1. The number of aliphatic hydroxyl groups excluding tert-OH is 1. The minimum absolute atomic E-state index is 0.00827. The summed E-state index contributed by atoms with van der Waals surface area (Å²) in [7, 11) is 1.48. The molecule has 0 radical (unpaired) electrons. The third kappa shape index (κ3) is 3.17. The molecule has 1 atom stereocenters. The van der Waals surface area contributed by atoms with Crippen LogP contribution in [0.3, 0.4) is 0 Å². The number of anilines is 1. The smallest absolute Gasteiger partial charge is 0.263 e. The predicted molar refractivity (Wildman–Crippen MR) is 85.7 cm³/mol. The fourth-order valence-electron chi connectivity index (χ4n) is 2.93. The van der Waals surface area contributed by atoms with Gasteiger partial charge in [0.15, 0.2) is 0 Å². The maximum absolute atomic E-state index is 12.0. The van der Waals surface area contributed by atoms with Gasteiger partial charge >= 0.3 is 0 Å². The lowest BCUT2D eigenvalue weighted by atomic mass is 10.2. The molecular weight excluding hydrogens is 314 g/mol. The lowest BCUT2D eigenvalue weighted by molar-refractivity contribution is -0.136. The third-order valence-electron chi connectivity index (χ3n) is 4.02. The van der Waals surface area contributed by atoms with Gasteiger partial charge in [0.25, 0.3) is 5.71 Å². The van der Waals surface area contributed by atoms with Crippen LogP contribution in [0.4, 0.5) is 5.82 Å². The standard InChI is InChI=1S/C15H21N5O4/c1-9-13-14(16-10(2)17-15(13)24-18-9)20-5-4-19(6-11(21)7-20)12(22)8-23-3/h11,21H,4-8H2,1-3H3. The molecule has 0 saturated carbocycles. The molecule has 0 spiro atoms. The largest absolute Gasteiger partial charge is 0.389 e. The average Bonchev–Trinajstić information content (AvgIpc) is 2.78. The second-order valence-electron chi connectivity index (χ2n) is 5.92. The zero-order valence-electron chi connectivity index (χ0n) is 14.0. The summed E-state index contributed by atoms with van der Waals surface area (Å²) in [5.74, 6) is 1.11. The summed E-state index contributed by atoms with van der Waals surface area (Å²) >= 11 is 0. The average molecular weight is 335 g/mol. The Hall–Kier alpha value is -2.26. The van der Waals surface area contributed by atoms with Gasteiger partial charge in [0.1, 0.15) is 23.6 Å². The predicted octanol–water partition coefficient (Wildman–Crippen LogP) is -0.109. The van der Waals surface area contributed by atoms with Crippen LogP contribution >= 0.6 is 0 Å². The number of nitrogens with zero attached hydrogens (tertiary/aromatic N) is 5. The Kier molecular flexibility index (Phi) is 4.63. The van der Waals surface area contributed by atoms with Crippen molar-refractivity contribution >= 4 is 22.8 Å². The van der Waals surface area contributed by atoms with Crippen LogP contribution in [0.15, 0.2) is 4.52 Å². The maximum Gasteiger partial charge on any atom is 0.263 e. The first-order valence-electron chi connectivity index (χ1n) is 7.80. The number of fused-ring (bicyclic) bond motifs is 1. The van der Waals surface area contributed by atoms with Crippen molar-refractivity contribution in [3.63, 3.8) is 0 Å². The van der Waals surface area contributed by atoms with Gasteiger partial charge in [-0.3, -0.25) is 4.79 Å². The number of aryl methyl sites for hydroxylation is 2. The normalized spacial score (nSPS) is 18.9. The monoisotopic (exact) mass is 335 g/mol. The number of hydrogen-bond acceptors (Lipinski definition) is 8. The van der Waals surface area contributed by atoms with Gasteiger partial charge < -0.3 is 24.2 Å². The zero-order chi connectivity index (χ0) is 17.3.